The highest BCUT2D eigenvalue weighted by atomic mass is 16.7. The maximum absolute atomic E-state index is 13.1. The predicted molar refractivity (Wildman–Crippen MR) is 142 cm³/mol. The van der Waals surface area contributed by atoms with Crippen LogP contribution >= 0.6 is 0 Å². The monoisotopic (exact) mass is 534 g/mol. The number of ether oxygens (including phenoxy) is 1. The molecule has 5 N–H and O–H groups in total. The van der Waals surface area contributed by atoms with Gasteiger partial charge >= 0.3 is 0 Å². The number of aliphatic hydroxyl groups is 5. The normalized spacial score (nSPS) is 31.4. The molecule has 39 heavy (non-hydrogen) atoms. The standard InChI is InChI=1S/C31H34O8/c1-21(32)26(34)27-28(35,18-23-12-6-3-7-13-23)29(36,19-24-14-8-4-9-15-24)30(37,31(38,39-27)22(2)33)20-25-16-10-5-11-17-25/h3-17,26-27,34-38H,18-20H2,1-2H3/t26?,27-,28-,29+,30+,31?/m1/s1. The number of ketones is 2. The van der Waals surface area contributed by atoms with Crippen LogP contribution in [0.5, 0.6) is 0 Å². The minimum absolute atomic E-state index is 0.392. The first-order valence-electron chi connectivity index (χ1n) is 12.8. The molecule has 8 heteroatoms. The van der Waals surface area contributed by atoms with Gasteiger partial charge in [0.1, 0.15) is 23.4 Å². The van der Waals surface area contributed by atoms with E-state index in [2.05, 4.69) is 0 Å². The van der Waals surface area contributed by atoms with Crippen molar-refractivity contribution in [3.63, 3.8) is 0 Å². The molecule has 3 aromatic rings. The van der Waals surface area contributed by atoms with Crippen molar-refractivity contribution >= 4 is 11.6 Å². The molecule has 6 atom stereocenters. The summed E-state index contributed by atoms with van der Waals surface area (Å²) in [4.78, 5) is 25.5. The lowest BCUT2D eigenvalue weighted by Gasteiger charge is -2.64. The van der Waals surface area contributed by atoms with Gasteiger partial charge in [-0.25, -0.2) is 0 Å². The van der Waals surface area contributed by atoms with Crippen LogP contribution in [0.25, 0.3) is 0 Å². The van der Waals surface area contributed by atoms with Gasteiger partial charge in [-0.15, -0.1) is 0 Å². The van der Waals surface area contributed by atoms with Crippen LogP contribution in [0.15, 0.2) is 91.0 Å². The number of carbonyl (C=O) groups is 2. The Morgan fingerprint density at radius 1 is 0.692 bits per heavy atom. The van der Waals surface area contributed by atoms with Gasteiger partial charge in [-0.3, -0.25) is 9.59 Å². The van der Waals surface area contributed by atoms with E-state index in [1.807, 2.05) is 0 Å². The first-order valence-corrected chi connectivity index (χ1v) is 12.8. The van der Waals surface area contributed by atoms with E-state index < -0.39 is 65.6 Å². The zero-order valence-electron chi connectivity index (χ0n) is 21.9. The van der Waals surface area contributed by atoms with E-state index in [-0.39, 0.29) is 0 Å². The summed E-state index contributed by atoms with van der Waals surface area (Å²) >= 11 is 0. The second kappa shape index (κ2) is 10.7. The third-order valence-corrected chi connectivity index (χ3v) is 7.83. The number of carbonyl (C=O) groups excluding carboxylic acids is 2. The van der Waals surface area contributed by atoms with E-state index in [0.717, 1.165) is 13.8 Å². The molecule has 8 nitrogen and oxygen atoms in total. The summed E-state index contributed by atoms with van der Waals surface area (Å²) in [7, 11) is 0. The molecule has 1 fully saturated rings. The molecule has 0 spiro atoms. The van der Waals surface area contributed by atoms with Crippen LogP contribution in [0.3, 0.4) is 0 Å². The van der Waals surface area contributed by atoms with Crippen LogP contribution in [0.1, 0.15) is 30.5 Å². The second-order valence-corrected chi connectivity index (χ2v) is 10.4. The third kappa shape index (κ3) is 4.84. The summed E-state index contributed by atoms with van der Waals surface area (Å²) in [5, 5.41) is 60.6. The molecule has 0 saturated carbocycles. The first-order chi connectivity index (χ1) is 18.4. The Hall–Kier alpha value is -3.24. The lowest BCUT2D eigenvalue weighted by Crippen LogP contribution is -2.88. The van der Waals surface area contributed by atoms with Gasteiger partial charge in [-0.05, 0) is 23.6 Å². The van der Waals surface area contributed by atoms with Gasteiger partial charge in [0.2, 0.25) is 0 Å². The number of hydrogen-bond donors (Lipinski definition) is 5. The van der Waals surface area contributed by atoms with E-state index >= 15 is 0 Å². The van der Waals surface area contributed by atoms with Crippen LogP contribution in [0.2, 0.25) is 0 Å². The summed E-state index contributed by atoms with van der Waals surface area (Å²) in [6.07, 6.45) is -5.40. The predicted octanol–water partition coefficient (Wildman–Crippen LogP) is 1.53. The highest BCUT2D eigenvalue weighted by Gasteiger charge is 2.78. The molecular weight excluding hydrogens is 500 g/mol. The van der Waals surface area contributed by atoms with Crippen molar-refractivity contribution < 1.29 is 39.9 Å². The van der Waals surface area contributed by atoms with E-state index in [0.29, 0.717) is 16.7 Å². The number of aliphatic hydroxyl groups excluding tert-OH is 1. The fraction of sp³-hybridized carbons (Fsp3) is 0.355. The van der Waals surface area contributed by atoms with E-state index in [1.54, 1.807) is 91.0 Å². The molecule has 0 aromatic heterocycles. The van der Waals surface area contributed by atoms with Gasteiger partial charge in [0.15, 0.2) is 17.2 Å². The highest BCUT2D eigenvalue weighted by molar-refractivity contribution is 5.86. The van der Waals surface area contributed by atoms with Crippen molar-refractivity contribution in [3.8, 4) is 0 Å². The molecule has 1 aliphatic heterocycles. The van der Waals surface area contributed by atoms with Crippen molar-refractivity contribution in [1.29, 1.82) is 0 Å². The van der Waals surface area contributed by atoms with Crippen LogP contribution in [-0.4, -0.2) is 71.9 Å². The van der Waals surface area contributed by atoms with Gasteiger partial charge in [0.25, 0.3) is 5.79 Å². The van der Waals surface area contributed by atoms with Crippen LogP contribution in [0.4, 0.5) is 0 Å². The summed E-state index contributed by atoms with van der Waals surface area (Å²) in [5.74, 6) is -5.01. The minimum atomic E-state index is -3.11. The van der Waals surface area contributed by atoms with Crippen molar-refractivity contribution in [1.82, 2.24) is 0 Å². The molecule has 0 bridgehead atoms. The second-order valence-electron chi connectivity index (χ2n) is 10.4. The summed E-state index contributed by atoms with van der Waals surface area (Å²) < 4.78 is 5.74. The maximum Gasteiger partial charge on any atom is 0.259 e. The van der Waals surface area contributed by atoms with Crippen LogP contribution in [-0.2, 0) is 33.6 Å². The largest absolute Gasteiger partial charge is 0.384 e. The Labute approximate surface area is 227 Å². The molecule has 1 heterocycles. The van der Waals surface area contributed by atoms with Crippen molar-refractivity contribution in [2.75, 3.05) is 0 Å². The molecule has 0 radical (unpaired) electrons. The van der Waals surface area contributed by atoms with Gasteiger partial charge in [0, 0.05) is 26.2 Å². The van der Waals surface area contributed by atoms with Crippen LogP contribution in [0, 0.1) is 0 Å². The SMILES string of the molecule is CC(=O)C(O)[C@H]1OC(O)(C(C)=O)[C@](O)(Cc2ccccc2)[C@](O)(Cc2ccccc2)[C@@]1(O)Cc1ccccc1. The van der Waals surface area contributed by atoms with Crippen molar-refractivity contribution in [2.45, 2.75) is 67.9 Å². The molecule has 4 rings (SSSR count). The average Bonchev–Trinajstić information content (AvgIpc) is 2.91. The fourth-order valence-corrected chi connectivity index (χ4v) is 5.67. The van der Waals surface area contributed by atoms with Crippen LogP contribution < -0.4 is 0 Å². The minimum Gasteiger partial charge on any atom is -0.384 e. The van der Waals surface area contributed by atoms with Crippen molar-refractivity contribution in [2.24, 2.45) is 0 Å². The van der Waals surface area contributed by atoms with Gasteiger partial charge in [0.05, 0.1) is 0 Å². The molecule has 0 amide bonds. The Morgan fingerprint density at radius 2 is 1.08 bits per heavy atom. The van der Waals surface area contributed by atoms with E-state index in [9.17, 15) is 35.1 Å². The van der Waals surface area contributed by atoms with Gasteiger partial charge in [-0.1, -0.05) is 91.0 Å². The number of benzene rings is 3. The summed E-state index contributed by atoms with van der Waals surface area (Å²) in [5.41, 5.74) is -6.79. The van der Waals surface area contributed by atoms with E-state index in [1.165, 1.54) is 0 Å². The van der Waals surface area contributed by atoms with Gasteiger partial charge in [-0.2, -0.15) is 0 Å². The fourth-order valence-electron chi connectivity index (χ4n) is 5.67. The lowest BCUT2D eigenvalue weighted by molar-refractivity contribution is -0.427. The number of hydrogen-bond acceptors (Lipinski definition) is 8. The number of rotatable bonds is 9. The maximum atomic E-state index is 13.1. The molecule has 0 aliphatic carbocycles. The Kier molecular flexibility index (Phi) is 7.91. The highest BCUT2D eigenvalue weighted by Crippen LogP contribution is 2.53. The molecule has 2 unspecified atom stereocenters. The first kappa shape index (κ1) is 28.8. The zero-order chi connectivity index (χ0) is 28.5. The Morgan fingerprint density at radius 3 is 1.46 bits per heavy atom. The summed E-state index contributed by atoms with van der Waals surface area (Å²) in [6.45, 7) is 2.03. The molecule has 3 aromatic carbocycles. The quantitative estimate of drug-likeness (QED) is 0.278. The number of Topliss-reactive ketones (excluding diaryl/α,β-unsaturated/α-hetero) is 2. The molecule has 206 valence electrons. The average molecular weight is 535 g/mol. The lowest BCUT2D eigenvalue weighted by atomic mass is 9.56. The molecule has 1 saturated heterocycles. The zero-order valence-corrected chi connectivity index (χ0v) is 21.9. The Balaban J connectivity index is 2.04. The topological polar surface area (TPSA) is 145 Å². The smallest absolute Gasteiger partial charge is 0.259 e. The molecule has 1 aliphatic rings. The van der Waals surface area contributed by atoms with E-state index in [4.69, 9.17) is 4.74 Å². The Bertz CT molecular complexity index is 1300. The van der Waals surface area contributed by atoms with Crippen molar-refractivity contribution in [3.05, 3.63) is 108 Å². The molecular formula is C31H34O8. The summed E-state index contributed by atoms with van der Waals surface area (Å²) in [6, 6.07) is 25.3. The van der Waals surface area contributed by atoms with Gasteiger partial charge < -0.3 is 30.3 Å². The third-order valence-electron chi connectivity index (χ3n) is 7.83.